The molecule has 112 valence electrons. The maximum atomic E-state index is 6.21. The number of rotatable bonds is 4. The number of ether oxygens (including phenoxy) is 1. The van der Waals surface area contributed by atoms with Crippen LogP contribution in [0.2, 0.25) is 0 Å². The van der Waals surface area contributed by atoms with E-state index in [1.54, 1.807) is 11.3 Å². The summed E-state index contributed by atoms with van der Waals surface area (Å²) in [5, 5.41) is 7.01. The zero-order chi connectivity index (χ0) is 14.0. The standard InChI is InChI=1S/C16H26N2OS/c1-3-19-16(8-6-12(2)7-9-16)15-18-14(11-20-15)13-5-4-10-17-13/h11-13,17H,3-10H2,1-2H3. The van der Waals surface area contributed by atoms with E-state index in [9.17, 15) is 0 Å². The van der Waals surface area contributed by atoms with Crippen molar-refractivity contribution in [2.45, 2.75) is 64.0 Å². The molecular weight excluding hydrogens is 268 g/mol. The van der Waals surface area contributed by atoms with Gasteiger partial charge in [0.1, 0.15) is 10.6 Å². The monoisotopic (exact) mass is 294 g/mol. The number of hydrogen-bond donors (Lipinski definition) is 1. The van der Waals surface area contributed by atoms with Crippen molar-refractivity contribution in [3.8, 4) is 0 Å². The van der Waals surface area contributed by atoms with Crippen LogP contribution in [-0.4, -0.2) is 18.1 Å². The molecule has 1 aromatic rings. The van der Waals surface area contributed by atoms with Crippen LogP contribution in [0.4, 0.5) is 0 Å². The Balaban J connectivity index is 1.80. The average molecular weight is 294 g/mol. The summed E-state index contributed by atoms with van der Waals surface area (Å²) in [7, 11) is 0. The highest BCUT2D eigenvalue weighted by atomic mass is 32.1. The van der Waals surface area contributed by atoms with E-state index in [1.807, 2.05) is 0 Å². The highest BCUT2D eigenvalue weighted by molar-refractivity contribution is 7.09. The summed E-state index contributed by atoms with van der Waals surface area (Å²) in [6, 6.07) is 0.473. The predicted octanol–water partition coefficient (Wildman–Crippen LogP) is 4.01. The van der Waals surface area contributed by atoms with Crippen LogP contribution in [0, 0.1) is 5.92 Å². The molecule has 4 heteroatoms. The van der Waals surface area contributed by atoms with Crippen LogP contribution in [-0.2, 0) is 10.3 Å². The third kappa shape index (κ3) is 2.78. The fourth-order valence-electron chi connectivity index (χ4n) is 3.52. The number of thiazole rings is 1. The first-order valence-electron chi connectivity index (χ1n) is 8.07. The van der Waals surface area contributed by atoms with Crippen molar-refractivity contribution in [1.82, 2.24) is 10.3 Å². The first-order valence-corrected chi connectivity index (χ1v) is 8.95. The molecule has 2 heterocycles. The molecule has 1 saturated carbocycles. The zero-order valence-electron chi connectivity index (χ0n) is 12.7. The summed E-state index contributed by atoms with van der Waals surface area (Å²) in [4.78, 5) is 4.96. The molecule has 1 aliphatic heterocycles. The molecule has 1 aliphatic carbocycles. The van der Waals surface area contributed by atoms with Gasteiger partial charge in [-0.3, -0.25) is 0 Å². The van der Waals surface area contributed by atoms with Crippen molar-refractivity contribution in [3.05, 3.63) is 16.1 Å². The average Bonchev–Trinajstić information content (AvgIpc) is 3.12. The first-order chi connectivity index (χ1) is 9.73. The normalized spacial score (nSPS) is 34.5. The van der Waals surface area contributed by atoms with Crippen molar-refractivity contribution in [1.29, 1.82) is 0 Å². The molecule has 0 aromatic carbocycles. The van der Waals surface area contributed by atoms with Gasteiger partial charge in [-0.05, 0) is 57.9 Å². The molecule has 1 saturated heterocycles. The van der Waals surface area contributed by atoms with Gasteiger partial charge < -0.3 is 10.1 Å². The molecule has 1 unspecified atom stereocenters. The quantitative estimate of drug-likeness (QED) is 0.911. The third-order valence-corrected chi connectivity index (χ3v) is 5.88. The van der Waals surface area contributed by atoms with Crippen LogP contribution in [0.15, 0.2) is 5.38 Å². The maximum absolute atomic E-state index is 6.21. The molecule has 0 amide bonds. The Morgan fingerprint density at radius 2 is 2.20 bits per heavy atom. The van der Waals surface area contributed by atoms with Crippen LogP contribution in [0.3, 0.4) is 0 Å². The second-order valence-electron chi connectivity index (χ2n) is 6.34. The summed E-state index contributed by atoms with van der Waals surface area (Å²) >= 11 is 1.81. The molecule has 0 bridgehead atoms. The van der Waals surface area contributed by atoms with Crippen LogP contribution in [0.25, 0.3) is 0 Å². The van der Waals surface area contributed by atoms with Crippen LogP contribution < -0.4 is 5.32 Å². The van der Waals surface area contributed by atoms with Gasteiger partial charge in [-0.25, -0.2) is 4.98 Å². The van der Waals surface area contributed by atoms with E-state index in [-0.39, 0.29) is 5.60 Å². The first kappa shape index (κ1) is 14.5. The van der Waals surface area contributed by atoms with Gasteiger partial charge in [0.05, 0.1) is 11.7 Å². The molecule has 3 rings (SSSR count). The maximum Gasteiger partial charge on any atom is 0.125 e. The molecule has 1 atom stereocenters. The Morgan fingerprint density at radius 3 is 2.85 bits per heavy atom. The van der Waals surface area contributed by atoms with E-state index in [0.29, 0.717) is 6.04 Å². The zero-order valence-corrected chi connectivity index (χ0v) is 13.5. The van der Waals surface area contributed by atoms with E-state index in [1.165, 1.54) is 36.4 Å². The van der Waals surface area contributed by atoms with Crippen LogP contribution >= 0.6 is 11.3 Å². The smallest absolute Gasteiger partial charge is 0.125 e. The van der Waals surface area contributed by atoms with Crippen molar-refractivity contribution in [3.63, 3.8) is 0 Å². The minimum atomic E-state index is -0.0945. The van der Waals surface area contributed by atoms with E-state index in [0.717, 1.165) is 31.9 Å². The third-order valence-electron chi connectivity index (χ3n) is 4.83. The highest BCUT2D eigenvalue weighted by Gasteiger charge is 2.39. The number of nitrogens with one attached hydrogen (secondary N) is 1. The van der Waals surface area contributed by atoms with E-state index in [2.05, 4.69) is 24.5 Å². The van der Waals surface area contributed by atoms with E-state index in [4.69, 9.17) is 9.72 Å². The van der Waals surface area contributed by atoms with Gasteiger partial charge in [-0.1, -0.05) is 6.92 Å². The minimum absolute atomic E-state index is 0.0945. The largest absolute Gasteiger partial charge is 0.368 e. The highest BCUT2D eigenvalue weighted by Crippen LogP contribution is 2.44. The van der Waals surface area contributed by atoms with Gasteiger partial charge in [0.15, 0.2) is 0 Å². The van der Waals surface area contributed by atoms with E-state index >= 15 is 0 Å². The van der Waals surface area contributed by atoms with Gasteiger partial charge in [-0.15, -0.1) is 11.3 Å². The van der Waals surface area contributed by atoms with Crippen LogP contribution in [0.5, 0.6) is 0 Å². The second kappa shape index (κ2) is 6.12. The topological polar surface area (TPSA) is 34.1 Å². The van der Waals surface area contributed by atoms with Gasteiger partial charge in [0.25, 0.3) is 0 Å². The predicted molar refractivity (Wildman–Crippen MR) is 83.0 cm³/mol. The van der Waals surface area contributed by atoms with Gasteiger partial charge in [0.2, 0.25) is 0 Å². The molecular formula is C16H26N2OS. The molecule has 0 spiro atoms. The Labute approximate surface area is 126 Å². The van der Waals surface area contributed by atoms with Crippen molar-refractivity contribution >= 4 is 11.3 Å². The minimum Gasteiger partial charge on any atom is -0.368 e. The van der Waals surface area contributed by atoms with Crippen molar-refractivity contribution < 1.29 is 4.74 Å². The summed E-state index contributed by atoms with van der Waals surface area (Å²) in [5.41, 5.74) is 1.14. The SMILES string of the molecule is CCOC1(c2nc(C3CCCN3)cs2)CCC(C)CC1. The molecule has 20 heavy (non-hydrogen) atoms. The molecule has 1 aromatic heterocycles. The van der Waals surface area contributed by atoms with Gasteiger partial charge >= 0.3 is 0 Å². The Hall–Kier alpha value is -0.450. The van der Waals surface area contributed by atoms with Crippen molar-refractivity contribution in [2.75, 3.05) is 13.2 Å². The molecule has 0 radical (unpaired) electrons. The number of aromatic nitrogens is 1. The molecule has 1 N–H and O–H groups in total. The Morgan fingerprint density at radius 1 is 1.40 bits per heavy atom. The van der Waals surface area contributed by atoms with E-state index < -0.39 is 0 Å². The summed E-state index contributed by atoms with van der Waals surface area (Å²) < 4.78 is 6.21. The molecule has 3 nitrogen and oxygen atoms in total. The number of hydrogen-bond acceptors (Lipinski definition) is 4. The molecule has 2 aliphatic rings. The Bertz CT molecular complexity index is 431. The fourth-order valence-corrected chi connectivity index (χ4v) is 4.60. The summed E-state index contributed by atoms with van der Waals surface area (Å²) in [5.74, 6) is 0.833. The van der Waals surface area contributed by atoms with Gasteiger partial charge in [-0.2, -0.15) is 0 Å². The lowest BCUT2D eigenvalue weighted by atomic mass is 9.79. The van der Waals surface area contributed by atoms with Gasteiger partial charge in [0, 0.05) is 12.0 Å². The molecule has 2 fully saturated rings. The Kier molecular flexibility index (Phi) is 4.43. The lowest BCUT2D eigenvalue weighted by Gasteiger charge is -2.37. The lowest BCUT2D eigenvalue weighted by Crippen LogP contribution is -2.34. The summed E-state index contributed by atoms with van der Waals surface area (Å²) in [6.07, 6.45) is 7.28. The van der Waals surface area contributed by atoms with Crippen LogP contribution in [0.1, 0.15) is 69.1 Å². The lowest BCUT2D eigenvalue weighted by molar-refractivity contribution is -0.0777. The van der Waals surface area contributed by atoms with Crippen molar-refractivity contribution in [2.24, 2.45) is 5.92 Å². The summed E-state index contributed by atoms with van der Waals surface area (Å²) in [6.45, 7) is 6.37. The number of nitrogens with zero attached hydrogens (tertiary/aromatic N) is 1. The fraction of sp³-hybridized carbons (Fsp3) is 0.812. The second-order valence-corrected chi connectivity index (χ2v) is 7.19.